The molecule has 32 heteroatoms. The van der Waals surface area contributed by atoms with Gasteiger partial charge in [-0.05, 0) is 146 Å². The number of carbonyl (C=O) groups is 11. The Morgan fingerprint density at radius 3 is 1.79 bits per heavy atom. The first-order chi connectivity index (χ1) is 51.3. The van der Waals surface area contributed by atoms with Crippen LogP contribution in [-0.4, -0.2) is 289 Å². The van der Waals surface area contributed by atoms with E-state index in [-0.39, 0.29) is 102 Å². The van der Waals surface area contributed by atoms with Crippen LogP contribution in [0.3, 0.4) is 0 Å². The second-order valence-corrected chi connectivity index (χ2v) is 33.3. The maximum atomic E-state index is 15.6. The van der Waals surface area contributed by atoms with E-state index in [2.05, 4.69) is 16.0 Å². The van der Waals surface area contributed by atoms with Crippen LogP contribution in [0.2, 0.25) is 0 Å². The molecule has 8 rings (SSSR count). The first-order valence-electron chi connectivity index (χ1n) is 40.1. The minimum atomic E-state index is -5.21. The van der Waals surface area contributed by atoms with Crippen LogP contribution in [-0.2, 0) is 57.5 Å². The standard InChI is InChI=1S/C77H122F8N12O12/c1-12-46(3)65-72(106)91(7)45-63(100)93(9)57-26-15-14-20-35-96(71(57)105)60(39-48-27-30-51(31-28-48)76(80,81)82)70(104)90(6)44-61(98)87-56(32-29-49-37-54(78)64(55(79)38-49)77(83,84)85)68(102)97-43-53(109-13-2)40-58(97)67(101)88-75(33-21-34-75)74(108)95(11)66(50-24-18-19-25-50)73(107)94(10)59(69(103)89(4)5)41-62(99)92(8)52(42-86-65)36-47-22-16-17-23-47/h46-60,64-66,86H,12-45H2,1-11H3,(H,87,98)(H,88,101)/t46-,48?,49?,51?,52-,53+,54?,55?,56-,57-,58-,59-,60-,64?,65-,66-/m0/s1. The average Bonchev–Trinajstić information content (AvgIpc) is 1.65. The van der Waals surface area contributed by atoms with Gasteiger partial charge in [0.15, 0.2) is 0 Å². The number of hydrogen-bond acceptors (Lipinski definition) is 13. The van der Waals surface area contributed by atoms with Gasteiger partial charge in [-0.25, -0.2) is 8.78 Å². The van der Waals surface area contributed by atoms with Gasteiger partial charge in [0.1, 0.15) is 60.1 Å². The van der Waals surface area contributed by atoms with Gasteiger partial charge in [0.05, 0.1) is 37.6 Å². The van der Waals surface area contributed by atoms with E-state index in [9.17, 15) is 45.5 Å². The van der Waals surface area contributed by atoms with Gasteiger partial charge in [-0.3, -0.25) is 52.7 Å². The summed E-state index contributed by atoms with van der Waals surface area (Å²) in [6.07, 6.45) is -9.88. The number of likely N-dealkylation sites (N-methyl/N-ethyl adjacent to an activating group) is 7. The molecule has 2 unspecified atom stereocenters. The van der Waals surface area contributed by atoms with Crippen LogP contribution in [0.1, 0.15) is 201 Å². The first kappa shape index (κ1) is 88.1. The molecule has 2 bridgehead atoms. The van der Waals surface area contributed by atoms with E-state index in [4.69, 9.17) is 4.74 Å². The summed E-state index contributed by atoms with van der Waals surface area (Å²) in [7, 11) is 11.7. The summed E-state index contributed by atoms with van der Waals surface area (Å²) in [5.41, 5.74) is -1.65. The highest BCUT2D eigenvalue weighted by atomic mass is 19.4. The zero-order valence-electron chi connectivity index (χ0n) is 65.9. The van der Waals surface area contributed by atoms with E-state index in [0.717, 1.165) is 35.5 Å². The van der Waals surface area contributed by atoms with Gasteiger partial charge in [-0.1, -0.05) is 71.6 Å². The molecule has 618 valence electrons. The Morgan fingerprint density at radius 1 is 0.606 bits per heavy atom. The van der Waals surface area contributed by atoms with Gasteiger partial charge < -0.3 is 64.8 Å². The summed E-state index contributed by atoms with van der Waals surface area (Å²) in [5, 5.41) is 9.09. The third kappa shape index (κ3) is 21.7. The van der Waals surface area contributed by atoms with Crippen molar-refractivity contribution in [1.29, 1.82) is 0 Å². The monoisotopic (exact) mass is 1560 g/mol. The lowest BCUT2D eigenvalue weighted by molar-refractivity contribution is -0.219. The molecule has 5 saturated carbocycles. The van der Waals surface area contributed by atoms with Crippen molar-refractivity contribution in [3.8, 4) is 0 Å². The minimum absolute atomic E-state index is 0.0339. The lowest BCUT2D eigenvalue weighted by atomic mass is 9.74. The summed E-state index contributed by atoms with van der Waals surface area (Å²) in [6, 6.07) is -9.78. The van der Waals surface area contributed by atoms with Crippen molar-refractivity contribution in [2.24, 2.45) is 41.4 Å². The number of nitrogens with zero attached hydrogens (tertiary/aromatic N) is 9. The van der Waals surface area contributed by atoms with Gasteiger partial charge >= 0.3 is 12.4 Å². The molecule has 8 aliphatic rings. The third-order valence-corrected chi connectivity index (χ3v) is 25.7. The molecule has 11 amide bonds. The number of ether oxygens (including phenoxy) is 1. The molecule has 0 aromatic carbocycles. The maximum Gasteiger partial charge on any atom is 0.397 e. The third-order valence-electron chi connectivity index (χ3n) is 25.7. The molecular formula is C77H122F8N12O12. The molecule has 109 heavy (non-hydrogen) atoms. The van der Waals surface area contributed by atoms with E-state index < -0.39 is 218 Å². The molecule has 24 nitrogen and oxygen atoms in total. The van der Waals surface area contributed by atoms with Crippen molar-refractivity contribution in [3.63, 3.8) is 0 Å². The van der Waals surface area contributed by atoms with Crippen LogP contribution in [0.4, 0.5) is 35.1 Å². The second-order valence-electron chi connectivity index (χ2n) is 33.3. The molecular weight excluding hydrogens is 1440 g/mol. The molecule has 12 atom stereocenters. The molecule has 1 spiro atoms. The summed E-state index contributed by atoms with van der Waals surface area (Å²) >= 11 is 0. The van der Waals surface area contributed by atoms with Crippen LogP contribution >= 0.6 is 0 Å². The second kappa shape index (κ2) is 38.4. The Hall–Kier alpha value is -6.47. The molecule has 0 radical (unpaired) electrons. The summed E-state index contributed by atoms with van der Waals surface area (Å²) in [5.74, 6) is -14.3. The molecule has 3 saturated heterocycles. The predicted octanol–water partition coefficient (Wildman–Crippen LogP) is 7.58. The summed E-state index contributed by atoms with van der Waals surface area (Å²) < 4.78 is 121. The quantitative estimate of drug-likeness (QED) is 0.150. The van der Waals surface area contributed by atoms with Crippen molar-refractivity contribution in [1.82, 2.24) is 60.0 Å². The van der Waals surface area contributed by atoms with E-state index >= 15 is 42.3 Å². The number of carbonyl (C=O) groups excluding carboxylic acids is 11. The highest BCUT2D eigenvalue weighted by Crippen LogP contribution is 2.46. The number of fused-ring (bicyclic) bond motifs is 3. The minimum Gasteiger partial charge on any atom is -0.377 e. The zero-order valence-corrected chi connectivity index (χ0v) is 65.9. The van der Waals surface area contributed by atoms with E-state index in [1.807, 2.05) is 13.8 Å². The van der Waals surface area contributed by atoms with Crippen LogP contribution in [0, 0.1) is 41.4 Å². The number of rotatable bonds is 13. The molecule has 5 aliphatic carbocycles. The Morgan fingerprint density at radius 2 is 1.21 bits per heavy atom. The van der Waals surface area contributed by atoms with Gasteiger partial charge in [0.25, 0.3) is 0 Å². The maximum absolute atomic E-state index is 15.6. The summed E-state index contributed by atoms with van der Waals surface area (Å²) in [4.78, 5) is 178. The number of halogens is 8. The van der Waals surface area contributed by atoms with Gasteiger partial charge in [0.2, 0.25) is 65.0 Å². The van der Waals surface area contributed by atoms with Crippen molar-refractivity contribution in [3.05, 3.63) is 0 Å². The largest absolute Gasteiger partial charge is 0.397 e. The predicted molar refractivity (Wildman–Crippen MR) is 388 cm³/mol. The van der Waals surface area contributed by atoms with Crippen LogP contribution < -0.4 is 16.0 Å². The molecule has 0 aromatic rings. The molecule has 3 N–H and O–H groups in total. The molecule has 0 aromatic heterocycles. The Kier molecular flexibility index (Phi) is 31.0. The highest BCUT2D eigenvalue weighted by molar-refractivity contribution is 6.00. The van der Waals surface area contributed by atoms with Crippen molar-refractivity contribution in [2.45, 2.75) is 285 Å². The number of alkyl halides is 8. The normalized spacial score (nSPS) is 32.6. The van der Waals surface area contributed by atoms with E-state index in [1.54, 1.807) is 18.9 Å². The van der Waals surface area contributed by atoms with Crippen LogP contribution in [0.25, 0.3) is 0 Å². The molecule has 3 aliphatic heterocycles. The Bertz CT molecular complexity index is 3150. The lowest BCUT2D eigenvalue weighted by Crippen LogP contribution is -2.68. The first-order valence-corrected chi connectivity index (χ1v) is 40.1. The topological polar surface area (TPSA) is 262 Å². The fourth-order valence-electron chi connectivity index (χ4n) is 18.6. The van der Waals surface area contributed by atoms with Crippen molar-refractivity contribution >= 4 is 65.0 Å². The fourth-order valence-corrected chi connectivity index (χ4v) is 18.6. The fraction of sp³-hybridized carbons (Fsp3) is 0.857. The Labute approximate surface area is 637 Å². The average molecular weight is 1560 g/mol. The Balaban J connectivity index is 1.19. The smallest absolute Gasteiger partial charge is 0.377 e. The van der Waals surface area contributed by atoms with E-state index in [0.29, 0.717) is 64.2 Å². The number of hydrogen-bond donors (Lipinski definition) is 3. The molecule has 3 heterocycles. The number of nitrogens with one attached hydrogen (secondary N) is 3. The molecule has 8 fully saturated rings. The van der Waals surface area contributed by atoms with Gasteiger partial charge in [-0.2, -0.15) is 26.3 Å². The van der Waals surface area contributed by atoms with Gasteiger partial charge in [0, 0.05) is 95.1 Å². The van der Waals surface area contributed by atoms with Crippen LogP contribution in [0.15, 0.2) is 0 Å². The van der Waals surface area contributed by atoms with Gasteiger partial charge in [-0.15, -0.1) is 0 Å². The summed E-state index contributed by atoms with van der Waals surface area (Å²) in [6.45, 7) is 4.04. The zero-order chi connectivity index (χ0) is 80.3. The lowest BCUT2D eigenvalue weighted by Gasteiger charge is -2.46. The SMILES string of the molecule is CCO[C@@H]1C[C@H]2C(=O)NC3(CCC3)C(=O)N(C)[C@@H](C3CCCC3)C(=O)N(C)[C@H](C(=O)N(C)C)CC(=O)N(C)[C@@H](CC3CCCC3)CN[C@@H]([C@@H](C)CC)C(=O)N(C)CC(=O)N(C)[C@H]3CCCCCN(C3=O)[C@@H](CC3CCC(C(F)(F)F)CC3)C(=O)N(C)CC(=O)N[C@@H](CCC3CC(F)C(C(F)(F)F)C(F)C3)C(=O)N2C1. The highest BCUT2D eigenvalue weighted by Gasteiger charge is 2.56. The van der Waals surface area contributed by atoms with Crippen LogP contribution in [0.5, 0.6) is 0 Å². The van der Waals surface area contributed by atoms with E-state index in [1.165, 1.54) is 78.7 Å². The van der Waals surface area contributed by atoms with Crippen molar-refractivity contribution < 1.29 is 92.6 Å². The van der Waals surface area contributed by atoms with Crippen molar-refractivity contribution in [2.75, 3.05) is 95.7 Å². The number of amides is 11.